The van der Waals surface area contributed by atoms with Gasteiger partial charge in [-0.25, -0.2) is 4.98 Å². The summed E-state index contributed by atoms with van der Waals surface area (Å²) in [7, 11) is 0. The van der Waals surface area contributed by atoms with E-state index in [1.54, 1.807) is 19.2 Å². The highest BCUT2D eigenvalue weighted by Gasteiger charge is 2.23. The minimum atomic E-state index is -0.295. The number of H-pyrrole nitrogens is 1. The van der Waals surface area contributed by atoms with Gasteiger partial charge >= 0.3 is 0 Å². The van der Waals surface area contributed by atoms with Gasteiger partial charge in [-0.1, -0.05) is 68.5 Å². The first-order chi connectivity index (χ1) is 15.6. The third kappa shape index (κ3) is 5.49. The van der Waals surface area contributed by atoms with Crippen LogP contribution in [0.5, 0.6) is 0 Å². The summed E-state index contributed by atoms with van der Waals surface area (Å²) in [5.74, 6) is 0.881. The molecule has 3 aromatic rings. The minimum absolute atomic E-state index is 0.00463. The zero-order valence-corrected chi connectivity index (χ0v) is 18.5. The van der Waals surface area contributed by atoms with Crippen LogP contribution in [0.3, 0.4) is 0 Å². The van der Waals surface area contributed by atoms with Crippen LogP contribution in [-0.4, -0.2) is 20.9 Å². The average molecular weight is 431 g/mol. The molecule has 1 saturated carbocycles. The van der Waals surface area contributed by atoms with Gasteiger partial charge in [0.2, 0.25) is 5.91 Å². The van der Waals surface area contributed by atoms with Crippen LogP contribution in [0.25, 0.3) is 11.5 Å². The second-order valence-electron chi connectivity index (χ2n) is 8.64. The maximum absolute atomic E-state index is 13.0. The van der Waals surface area contributed by atoms with Gasteiger partial charge in [0.25, 0.3) is 5.56 Å². The molecule has 0 aliphatic heterocycles. The number of aromatic nitrogens is 3. The van der Waals surface area contributed by atoms with Crippen molar-refractivity contribution < 1.29 is 4.79 Å². The van der Waals surface area contributed by atoms with E-state index in [0.29, 0.717) is 28.7 Å². The lowest BCUT2D eigenvalue weighted by Crippen LogP contribution is -2.33. The van der Waals surface area contributed by atoms with Crippen LogP contribution in [0.4, 0.5) is 0 Å². The number of amides is 1. The number of aromatic amines is 1. The fourth-order valence-corrected chi connectivity index (χ4v) is 4.57. The number of hydrogen-bond donors (Lipinski definition) is 2. The number of hydrogen-bond acceptors (Lipinski definition) is 4. The molecule has 1 aromatic carbocycles. The average Bonchev–Trinajstić information content (AvgIpc) is 2.83. The molecule has 1 aliphatic carbocycles. The van der Waals surface area contributed by atoms with Crippen LogP contribution in [0, 0.1) is 12.8 Å². The first kappa shape index (κ1) is 21.9. The number of pyridine rings is 1. The summed E-state index contributed by atoms with van der Waals surface area (Å²) in [6, 6.07) is 15.5. The van der Waals surface area contributed by atoms with Crippen molar-refractivity contribution in [3.8, 4) is 11.5 Å². The summed E-state index contributed by atoms with van der Waals surface area (Å²) >= 11 is 0. The lowest BCUT2D eigenvalue weighted by atomic mass is 9.83. The summed E-state index contributed by atoms with van der Waals surface area (Å²) in [6.07, 6.45) is 8.87. The first-order valence-electron chi connectivity index (χ1n) is 11.5. The number of rotatable bonds is 7. The molecule has 0 saturated heterocycles. The highest BCUT2D eigenvalue weighted by atomic mass is 16.2. The molecule has 32 heavy (non-hydrogen) atoms. The Balaban J connectivity index is 1.49. The Bertz CT molecular complexity index is 1090. The number of carbonyl (C=O) groups is 1. The number of nitrogens with one attached hydrogen (secondary N) is 2. The van der Waals surface area contributed by atoms with E-state index in [1.165, 1.54) is 32.1 Å². The van der Waals surface area contributed by atoms with E-state index in [0.717, 1.165) is 12.0 Å². The van der Waals surface area contributed by atoms with E-state index in [1.807, 2.05) is 30.3 Å². The number of aryl methyl sites for hydroxylation is 1. The Kier molecular flexibility index (Phi) is 7.10. The molecule has 1 fully saturated rings. The van der Waals surface area contributed by atoms with Crippen LogP contribution in [-0.2, 0) is 11.2 Å². The highest BCUT2D eigenvalue weighted by molar-refractivity contribution is 5.79. The van der Waals surface area contributed by atoms with E-state index in [4.69, 9.17) is 0 Å². The van der Waals surface area contributed by atoms with Gasteiger partial charge in [0.15, 0.2) is 5.82 Å². The quantitative estimate of drug-likeness (QED) is 0.577. The van der Waals surface area contributed by atoms with Crippen LogP contribution in [0.2, 0.25) is 0 Å². The van der Waals surface area contributed by atoms with Gasteiger partial charge in [-0.15, -0.1) is 0 Å². The van der Waals surface area contributed by atoms with Gasteiger partial charge in [0, 0.05) is 17.5 Å². The predicted octanol–water partition coefficient (Wildman–Crippen LogP) is 4.51. The Morgan fingerprint density at radius 1 is 1.09 bits per heavy atom. The van der Waals surface area contributed by atoms with E-state index in [2.05, 4.69) is 32.4 Å². The summed E-state index contributed by atoms with van der Waals surface area (Å²) < 4.78 is 0. The first-order valence-corrected chi connectivity index (χ1v) is 11.5. The molecular weight excluding hydrogens is 400 g/mol. The van der Waals surface area contributed by atoms with E-state index < -0.39 is 0 Å². The van der Waals surface area contributed by atoms with Gasteiger partial charge in [0.05, 0.1) is 12.5 Å². The van der Waals surface area contributed by atoms with Crippen molar-refractivity contribution in [2.75, 3.05) is 0 Å². The Morgan fingerprint density at radius 3 is 2.53 bits per heavy atom. The lowest BCUT2D eigenvalue weighted by molar-refractivity contribution is -0.121. The Hall–Kier alpha value is -3.28. The molecule has 6 heteroatoms. The van der Waals surface area contributed by atoms with Crippen molar-refractivity contribution in [1.82, 2.24) is 20.3 Å². The normalized spacial score (nSPS) is 15.3. The van der Waals surface area contributed by atoms with Crippen molar-refractivity contribution in [2.45, 2.75) is 57.9 Å². The van der Waals surface area contributed by atoms with Gasteiger partial charge in [0.1, 0.15) is 5.69 Å². The maximum atomic E-state index is 13.0. The van der Waals surface area contributed by atoms with Gasteiger partial charge in [-0.05, 0) is 37.0 Å². The van der Waals surface area contributed by atoms with Crippen molar-refractivity contribution in [2.24, 2.45) is 5.92 Å². The molecular formula is C26H30N4O2. The molecule has 0 radical (unpaired) electrons. The monoisotopic (exact) mass is 430 g/mol. The molecule has 1 aliphatic rings. The maximum Gasteiger partial charge on any atom is 0.255 e. The molecule has 4 rings (SSSR count). The van der Waals surface area contributed by atoms with Crippen LogP contribution < -0.4 is 10.9 Å². The summed E-state index contributed by atoms with van der Waals surface area (Å²) in [6.45, 7) is 1.76. The van der Waals surface area contributed by atoms with Crippen LogP contribution >= 0.6 is 0 Å². The van der Waals surface area contributed by atoms with Gasteiger partial charge in [-0.2, -0.15) is 0 Å². The molecule has 1 atom stereocenters. The third-order valence-electron chi connectivity index (χ3n) is 6.30. The molecule has 0 spiro atoms. The van der Waals surface area contributed by atoms with E-state index in [9.17, 15) is 9.59 Å². The molecule has 2 N–H and O–H groups in total. The summed E-state index contributed by atoms with van der Waals surface area (Å²) in [5, 5.41) is 3.20. The minimum Gasteiger partial charge on any atom is -0.349 e. The van der Waals surface area contributed by atoms with Crippen molar-refractivity contribution in [3.63, 3.8) is 0 Å². The largest absolute Gasteiger partial charge is 0.349 e. The number of benzene rings is 1. The molecule has 2 aromatic heterocycles. The SMILES string of the molecule is Cc1nc(-c2ccccn2)[nH]c(=O)c1CC(=O)NC(CC1CCCCC1)c1ccccc1. The van der Waals surface area contributed by atoms with Gasteiger partial charge < -0.3 is 10.3 Å². The van der Waals surface area contributed by atoms with Gasteiger partial charge in [-0.3, -0.25) is 14.6 Å². The molecule has 166 valence electrons. The Morgan fingerprint density at radius 2 is 1.84 bits per heavy atom. The fraction of sp³-hybridized carbons (Fsp3) is 0.385. The summed E-state index contributed by atoms with van der Waals surface area (Å²) in [5.41, 5.74) is 2.36. The number of nitrogens with zero attached hydrogens (tertiary/aromatic N) is 2. The predicted molar refractivity (Wildman–Crippen MR) is 125 cm³/mol. The molecule has 2 heterocycles. The second kappa shape index (κ2) is 10.4. The fourth-order valence-electron chi connectivity index (χ4n) is 4.57. The second-order valence-corrected chi connectivity index (χ2v) is 8.64. The zero-order valence-electron chi connectivity index (χ0n) is 18.5. The highest BCUT2D eigenvalue weighted by Crippen LogP contribution is 2.32. The number of carbonyl (C=O) groups excluding carboxylic acids is 1. The van der Waals surface area contributed by atoms with Crippen molar-refractivity contribution in [1.29, 1.82) is 0 Å². The smallest absolute Gasteiger partial charge is 0.255 e. The van der Waals surface area contributed by atoms with E-state index >= 15 is 0 Å². The molecule has 1 unspecified atom stereocenters. The topological polar surface area (TPSA) is 87.7 Å². The zero-order chi connectivity index (χ0) is 22.3. The van der Waals surface area contributed by atoms with E-state index in [-0.39, 0.29) is 23.9 Å². The molecule has 0 bridgehead atoms. The molecule has 1 amide bonds. The Labute approximate surface area is 188 Å². The van der Waals surface area contributed by atoms with Crippen LogP contribution in [0.1, 0.15) is 61.4 Å². The van der Waals surface area contributed by atoms with Crippen molar-refractivity contribution in [3.05, 3.63) is 81.9 Å². The lowest BCUT2D eigenvalue weighted by Gasteiger charge is -2.27. The van der Waals surface area contributed by atoms with Crippen molar-refractivity contribution >= 4 is 5.91 Å². The van der Waals surface area contributed by atoms with Crippen LogP contribution in [0.15, 0.2) is 59.5 Å². The summed E-state index contributed by atoms with van der Waals surface area (Å²) in [4.78, 5) is 37.2. The standard InChI is InChI=1S/C26H30N4O2/c1-18-21(26(32)30-25(28-18)22-14-8-9-15-27-22)17-24(31)29-23(20-12-6-3-7-13-20)16-19-10-4-2-5-11-19/h3,6-9,12-15,19,23H,2,4-5,10-11,16-17H2,1H3,(H,29,31)(H,28,30,32). The molecule has 6 nitrogen and oxygen atoms in total. The third-order valence-corrected chi connectivity index (χ3v) is 6.30.